The van der Waals surface area contributed by atoms with Gasteiger partial charge >= 0.3 is 5.97 Å². The van der Waals surface area contributed by atoms with Crippen LogP contribution in [0.4, 0.5) is 11.4 Å². The molecule has 48 heavy (non-hydrogen) atoms. The van der Waals surface area contributed by atoms with E-state index in [9.17, 15) is 19.2 Å². The maximum absolute atomic E-state index is 13.7. The molecule has 4 aromatic rings. The molecule has 4 rings (SSSR count). The molecule has 0 saturated heterocycles. The van der Waals surface area contributed by atoms with Crippen LogP contribution in [0.15, 0.2) is 108 Å². The van der Waals surface area contributed by atoms with Crippen molar-refractivity contribution in [1.29, 1.82) is 0 Å². The number of methoxy groups -OCH3 is 2. The van der Waals surface area contributed by atoms with Gasteiger partial charge in [0.2, 0.25) is 5.91 Å². The summed E-state index contributed by atoms with van der Waals surface area (Å²) in [4.78, 5) is 52.6. The Balaban J connectivity index is 1.51. The van der Waals surface area contributed by atoms with Gasteiger partial charge in [0.1, 0.15) is 5.70 Å². The molecule has 3 amide bonds. The van der Waals surface area contributed by atoms with Gasteiger partial charge in [-0.05, 0) is 80.1 Å². The van der Waals surface area contributed by atoms with E-state index in [1.807, 2.05) is 13.0 Å². The minimum absolute atomic E-state index is 0.0201. The van der Waals surface area contributed by atoms with Crippen molar-refractivity contribution in [3.8, 4) is 11.5 Å². The molecule has 248 valence electrons. The Labute approximate surface area is 283 Å². The second kappa shape index (κ2) is 17.4. The van der Waals surface area contributed by atoms with E-state index >= 15 is 0 Å². The summed E-state index contributed by atoms with van der Waals surface area (Å²) in [5.74, 6) is -0.796. The number of ether oxygens (including phenoxy) is 3. The zero-order valence-electron chi connectivity index (χ0n) is 27.1. The molecule has 0 heterocycles. The maximum Gasteiger partial charge on any atom is 0.338 e. The number of rotatable bonds is 14. The minimum atomic E-state index is -0.567. The van der Waals surface area contributed by atoms with Crippen LogP contribution in [-0.2, 0) is 14.3 Å². The monoisotopic (exact) mass is 667 g/mol. The highest BCUT2D eigenvalue weighted by molar-refractivity contribution is 8.00. The fourth-order valence-corrected chi connectivity index (χ4v) is 5.60. The Hall–Kier alpha value is -5.55. The van der Waals surface area contributed by atoms with Gasteiger partial charge < -0.3 is 30.2 Å². The molecule has 0 fully saturated rings. The maximum atomic E-state index is 13.7. The average Bonchev–Trinajstić information content (AvgIpc) is 3.10. The molecule has 10 nitrogen and oxygen atoms in total. The SMILES string of the molecule is CCOC(=O)c1ccc(NC(=O)C(CC)Sc2cccc(NC(=O)/C(=C\c3cccc(OC)c3OC)NC(=O)c3ccccc3)c2)cc1. The third kappa shape index (κ3) is 9.49. The van der Waals surface area contributed by atoms with E-state index in [-0.39, 0.29) is 18.2 Å². The highest BCUT2D eigenvalue weighted by Crippen LogP contribution is 2.32. The lowest BCUT2D eigenvalue weighted by atomic mass is 10.1. The van der Waals surface area contributed by atoms with Crippen LogP contribution in [0.1, 0.15) is 46.5 Å². The third-order valence-electron chi connectivity index (χ3n) is 6.96. The van der Waals surface area contributed by atoms with Crippen molar-refractivity contribution in [3.05, 3.63) is 119 Å². The molecule has 0 aliphatic rings. The first-order chi connectivity index (χ1) is 23.3. The highest BCUT2D eigenvalue weighted by Gasteiger charge is 2.20. The smallest absolute Gasteiger partial charge is 0.338 e. The lowest BCUT2D eigenvalue weighted by Gasteiger charge is -2.16. The summed E-state index contributed by atoms with van der Waals surface area (Å²) in [6.07, 6.45) is 2.06. The fraction of sp³-hybridized carbons (Fsp3) is 0.189. The van der Waals surface area contributed by atoms with Crippen LogP contribution in [0, 0.1) is 0 Å². The van der Waals surface area contributed by atoms with E-state index in [1.165, 1.54) is 32.1 Å². The predicted octanol–water partition coefficient (Wildman–Crippen LogP) is 6.80. The second-order valence-corrected chi connectivity index (χ2v) is 11.5. The first kappa shape index (κ1) is 35.3. The van der Waals surface area contributed by atoms with Crippen LogP contribution >= 0.6 is 11.8 Å². The zero-order valence-corrected chi connectivity index (χ0v) is 27.9. The Bertz CT molecular complexity index is 1780. The van der Waals surface area contributed by atoms with Crippen molar-refractivity contribution in [2.45, 2.75) is 30.4 Å². The molecular formula is C37H37N3O7S. The van der Waals surface area contributed by atoms with E-state index in [4.69, 9.17) is 14.2 Å². The van der Waals surface area contributed by atoms with E-state index in [2.05, 4.69) is 16.0 Å². The number of esters is 1. The molecule has 1 atom stereocenters. The van der Waals surface area contributed by atoms with E-state index in [0.717, 1.165) is 4.90 Å². The number of anilines is 2. The summed E-state index contributed by atoms with van der Waals surface area (Å²) in [6, 6.07) is 27.4. The Morgan fingerprint density at radius 1 is 0.771 bits per heavy atom. The first-order valence-corrected chi connectivity index (χ1v) is 16.1. The molecule has 1 unspecified atom stereocenters. The number of nitrogens with one attached hydrogen (secondary N) is 3. The normalized spacial score (nSPS) is 11.5. The van der Waals surface area contributed by atoms with Crippen LogP contribution in [0.2, 0.25) is 0 Å². The van der Waals surface area contributed by atoms with Crippen molar-refractivity contribution in [3.63, 3.8) is 0 Å². The minimum Gasteiger partial charge on any atom is -0.493 e. The molecule has 11 heteroatoms. The largest absolute Gasteiger partial charge is 0.493 e. The number of hydrogen-bond donors (Lipinski definition) is 3. The van der Waals surface area contributed by atoms with Gasteiger partial charge in [0.05, 0.1) is 31.6 Å². The first-order valence-electron chi connectivity index (χ1n) is 15.2. The van der Waals surface area contributed by atoms with Crippen LogP contribution in [0.3, 0.4) is 0 Å². The molecule has 3 N–H and O–H groups in total. The quantitative estimate of drug-likeness (QED) is 0.0760. The van der Waals surface area contributed by atoms with E-state index < -0.39 is 23.0 Å². The van der Waals surface area contributed by atoms with Crippen molar-refractivity contribution >= 4 is 52.9 Å². The number of benzene rings is 4. The number of carbonyl (C=O) groups excluding carboxylic acids is 4. The summed E-state index contributed by atoms with van der Waals surface area (Å²) in [6.45, 7) is 3.92. The Kier molecular flexibility index (Phi) is 12.8. The zero-order chi connectivity index (χ0) is 34.5. The molecule has 0 saturated carbocycles. The molecule has 0 aliphatic heterocycles. The van der Waals surface area contributed by atoms with Gasteiger partial charge in [0.25, 0.3) is 11.8 Å². The van der Waals surface area contributed by atoms with Gasteiger partial charge in [-0.25, -0.2) is 4.79 Å². The Morgan fingerprint density at radius 3 is 2.17 bits per heavy atom. The molecule has 0 spiro atoms. The van der Waals surface area contributed by atoms with Crippen molar-refractivity contribution in [1.82, 2.24) is 5.32 Å². The lowest BCUT2D eigenvalue weighted by molar-refractivity contribution is -0.116. The number of para-hydroxylation sites is 1. The summed E-state index contributed by atoms with van der Waals surface area (Å²) in [5.41, 5.74) is 2.30. The van der Waals surface area contributed by atoms with Crippen molar-refractivity contribution in [2.75, 3.05) is 31.5 Å². The number of amides is 3. The lowest BCUT2D eigenvalue weighted by Crippen LogP contribution is -2.30. The third-order valence-corrected chi connectivity index (χ3v) is 8.32. The molecule has 4 aromatic carbocycles. The average molecular weight is 668 g/mol. The van der Waals surface area contributed by atoms with E-state index in [1.54, 1.807) is 97.9 Å². The molecule has 0 aliphatic carbocycles. The number of hydrogen-bond acceptors (Lipinski definition) is 8. The molecule has 0 bridgehead atoms. The molecular weight excluding hydrogens is 630 g/mol. The van der Waals surface area contributed by atoms with Gasteiger partial charge in [0, 0.05) is 27.4 Å². The van der Waals surface area contributed by atoms with Gasteiger partial charge in [-0.2, -0.15) is 0 Å². The predicted molar refractivity (Wildman–Crippen MR) is 187 cm³/mol. The topological polar surface area (TPSA) is 132 Å². The van der Waals surface area contributed by atoms with Gasteiger partial charge in [-0.15, -0.1) is 11.8 Å². The van der Waals surface area contributed by atoms with Crippen LogP contribution < -0.4 is 25.4 Å². The van der Waals surface area contributed by atoms with Gasteiger partial charge in [-0.1, -0.05) is 43.3 Å². The van der Waals surface area contributed by atoms with E-state index in [0.29, 0.717) is 46.0 Å². The summed E-state index contributed by atoms with van der Waals surface area (Å²) in [7, 11) is 3.00. The van der Waals surface area contributed by atoms with Gasteiger partial charge in [-0.3, -0.25) is 14.4 Å². The Morgan fingerprint density at radius 2 is 1.50 bits per heavy atom. The summed E-state index contributed by atoms with van der Waals surface area (Å²) >= 11 is 1.35. The number of carbonyl (C=O) groups is 4. The van der Waals surface area contributed by atoms with Crippen molar-refractivity contribution < 1.29 is 33.4 Å². The van der Waals surface area contributed by atoms with Crippen molar-refractivity contribution in [2.24, 2.45) is 0 Å². The summed E-state index contributed by atoms with van der Waals surface area (Å²) in [5, 5.41) is 8.05. The van der Waals surface area contributed by atoms with Crippen LogP contribution in [0.25, 0.3) is 6.08 Å². The highest BCUT2D eigenvalue weighted by atomic mass is 32.2. The second-order valence-electron chi connectivity index (χ2n) is 10.2. The van der Waals surface area contributed by atoms with Crippen LogP contribution in [0.5, 0.6) is 11.5 Å². The standard InChI is InChI=1S/C37H37N3O7S/c1-5-32(36(43)38-27-20-18-25(19-21-27)37(44)47-6-2)48-29-16-11-15-28(23-29)39-35(42)30(40-34(41)24-12-8-7-9-13-24)22-26-14-10-17-31(45-3)33(26)46-4/h7-23,32H,5-6H2,1-4H3,(H,38,43)(H,39,42)(H,40,41)/b30-22+. The number of thioether (sulfide) groups is 1. The molecule has 0 aromatic heterocycles. The fourth-order valence-electron chi connectivity index (χ4n) is 4.58. The van der Waals surface area contributed by atoms with Gasteiger partial charge in [0.15, 0.2) is 11.5 Å². The summed E-state index contributed by atoms with van der Waals surface area (Å²) < 4.78 is 15.9. The molecule has 0 radical (unpaired) electrons. The van der Waals surface area contributed by atoms with Crippen LogP contribution in [-0.4, -0.2) is 49.8 Å².